The van der Waals surface area contributed by atoms with Crippen LogP contribution in [0.25, 0.3) is 33.2 Å². The van der Waals surface area contributed by atoms with Gasteiger partial charge in [0.05, 0.1) is 0 Å². The first-order valence-electron chi connectivity index (χ1n) is 9.94. The number of hydrogen-bond donors (Lipinski definition) is 1. The zero-order valence-electron chi connectivity index (χ0n) is 17.6. The van der Waals surface area contributed by atoms with Crippen molar-refractivity contribution in [2.75, 3.05) is 0 Å². The number of phenols is 1. The van der Waals surface area contributed by atoms with Crippen molar-refractivity contribution in [2.24, 2.45) is 0 Å². The maximum absolute atomic E-state index is 11.1. The Kier molecular flexibility index (Phi) is 4.27. The fourth-order valence-corrected chi connectivity index (χ4v) is 3.90. The van der Waals surface area contributed by atoms with E-state index in [1.54, 1.807) is 18.2 Å². The van der Waals surface area contributed by atoms with Gasteiger partial charge in [-0.15, -0.1) is 20.4 Å². The van der Waals surface area contributed by atoms with E-state index < -0.39 is 0 Å². The molecule has 0 amide bonds. The summed E-state index contributed by atoms with van der Waals surface area (Å²) in [6.07, 6.45) is 0. The van der Waals surface area contributed by atoms with Crippen molar-refractivity contribution in [2.45, 2.75) is 33.1 Å². The van der Waals surface area contributed by atoms with Crippen LogP contribution >= 0.6 is 11.6 Å². The Labute approximate surface area is 183 Å². The molecule has 0 atom stereocenters. The van der Waals surface area contributed by atoms with Crippen LogP contribution in [0.3, 0.4) is 0 Å². The maximum Gasteiger partial charge on any atom is 0.127 e. The third-order valence-electron chi connectivity index (χ3n) is 5.25. The highest BCUT2D eigenvalue weighted by Gasteiger charge is 2.23. The summed E-state index contributed by atoms with van der Waals surface area (Å²) in [5.41, 5.74) is 5.97. The molecule has 2 aromatic heterocycles. The van der Waals surface area contributed by atoms with Crippen molar-refractivity contribution >= 4 is 33.7 Å². The fraction of sp³-hybridized carbons (Fsp3) is 0.217. The second-order valence-corrected chi connectivity index (χ2v) is 9.14. The highest BCUT2D eigenvalue weighted by molar-refractivity contribution is 6.31. The maximum atomic E-state index is 11.1. The smallest absolute Gasteiger partial charge is 0.127 e. The fourth-order valence-electron chi connectivity index (χ4n) is 3.73. The molecule has 2 heterocycles. The molecule has 3 aromatic carbocycles. The van der Waals surface area contributed by atoms with Crippen LogP contribution in [0, 0.1) is 6.92 Å². The van der Waals surface area contributed by atoms with Crippen LogP contribution in [0.15, 0.2) is 48.5 Å². The monoisotopic (exact) mass is 432 g/mol. The summed E-state index contributed by atoms with van der Waals surface area (Å²) in [7, 11) is 0. The third kappa shape index (κ3) is 3.31. The molecule has 0 aliphatic heterocycles. The summed E-state index contributed by atoms with van der Waals surface area (Å²) in [4.78, 5) is 2.68. The van der Waals surface area contributed by atoms with Gasteiger partial charge in [0.2, 0.25) is 0 Å². The first-order chi connectivity index (χ1) is 14.7. The SMILES string of the molecule is Cc1cc(-c2cccc3nn(-n4nc5ccc(Cl)cc5n4)nc23)c(O)c(C(C)(C)C)c1. The van der Waals surface area contributed by atoms with Crippen molar-refractivity contribution in [3.05, 3.63) is 64.7 Å². The van der Waals surface area contributed by atoms with Gasteiger partial charge in [-0.1, -0.05) is 50.6 Å². The summed E-state index contributed by atoms with van der Waals surface area (Å²) in [6, 6.07) is 15.0. The Bertz CT molecular complexity index is 1460. The average Bonchev–Trinajstić information content (AvgIpc) is 3.31. The first kappa shape index (κ1) is 19.5. The van der Waals surface area contributed by atoms with Gasteiger partial charge in [-0.3, -0.25) is 0 Å². The number of aryl methyl sites for hydroxylation is 1. The number of aromatic nitrogens is 6. The number of nitrogens with zero attached hydrogens (tertiary/aromatic N) is 6. The van der Waals surface area contributed by atoms with Gasteiger partial charge in [0.15, 0.2) is 0 Å². The molecule has 5 rings (SSSR count). The summed E-state index contributed by atoms with van der Waals surface area (Å²) in [5, 5.41) is 29.7. The molecule has 0 unspecified atom stereocenters. The molecule has 0 bridgehead atoms. The Morgan fingerprint density at radius 2 is 1.52 bits per heavy atom. The number of benzene rings is 3. The normalized spacial score (nSPS) is 12.2. The van der Waals surface area contributed by atoms with E-state index in [4.69, 9.17) is 11.6 Å². The Morgan fingerprint density at radius 3 is 2.29 bits per heavy atom. The second kappa shape index (κ2) is 6.78. The number of phenolic OH excluding ortho intramolecular Hbond substituents is 1. The molecule has 0 radical (unpaired) electrons. The van der Waals surface area contributed by atoms with E-state index in [-0.39, 0.29) is 11.2 Å². The highest BCUT2D eigenvalue weighted by atomic mass is 35.5. The van der Waals surface area contributed by atoms with E-state index in [0.717, 1.165) is 22.3 Å². The summed E-state index contributed by atoms with van der Waals surface area (Å²) >= 11 is 6.06. The van der Waals surface area contributed by atoms with E-state index >= 15 is 0 Å². The molecule has 0 aliphatic carbocycles. The molecular formula is C23H21ClN6O. The zero-order chi connectivity index (χ0) is 21.9. The van der Waals surface area contributed by atoms with Gasteiger partial charge in [0, 0.05) is 21.7 Å². The van der Waals surface area contributed by atoms with Gasteiger partial charge >= 0.3 is 0 Å². The molecule has 0 spiro atoms. The van der Waals surface area contributed by atoms with Crippen molar-refractivity contribution in [3.8, 4) is 16.9 Å². The molecule has 0 saturated carbocycles. The minimum absolute atomic E-state index is 0.198. The van der Waals surface area contributed by atoms with Crippen molar-refractivity contribution < 1.29 is 5.11 Å². The predicted molar refractivity (Wildman–Crippen MR) is 121 cm³/mol. The lowest BCUT2D eigenvalue weighted by Gasteiger charge is -2.23. The highest BCUT2D eigenvalue weighted by Crippen LogP contribution is 2.41. The van der Waals surface area contributed by atoms with Crippen molar-refractivity contribution in [1.82, 2.24) is 30.2 Å². The van der Waals surface area contributed by atoms with Crippen LogP contribution in [0.5, 0.6) is 5.75 Å². The molecule has 156 valence electrons. The number of rotatable bonds is 2. The molecule has 0 saturated heterocycles. The first-order valence-corrected chi connectivity index (χ1v) is 10.3. The minimum Gasteiger partial charge on any atom is -0.507 e. The van der Waals surface area contributed by atoms with Crippen LogP contribution in [-0.4, -0.2) is 35.3 Å². The number of halogens is 1. The van der Waals surface area contributed by atoms with E-state index in [2.05, 4.69) is 41.2 Å². The number of hydrogen-bond acceptors (Lipinski definition) is 5. The van der Waals surface area contributed by atoms with E-state index in [1.807, 2.05) is 37.3 Å². The lowest BCUT2D eigenvalue weighted by molar-refractivity contribution is 0.399. The molecule has 1 N–H and O–H groups in total. The number of aromatic hydroxyl groups is 1. The van der Waals surface area contributed by atoms with Crippen LogP contribution < -0.4 is 0 Å². The van der Waals surface area contributed by atoms with Crippen molar-refractivity contribution in [1.29, 1.82) is 0 Å². The average molecular weight is 433 g/mol. The van der Waals surface area contributed by atoms with Gasteiger partial charge in [0.25, 0.3) is 0 Å². The van der Waals surface area contributed by atoms with Gasteiger partial charge < -0.3 is 5.11 Å². The Morgan fingerprint density at radius 1 is 0.806 bits per heavy atom. The topological polar surface area (TPSA) is 81.7 Å². The summed E-state index contributed by atoms with van der Waals surface area (Å²) in [5.74, 6) is 0.262. The standard InChI is InChI=1S/C23H21ClN6O/c1-13-10-16(22(31)17(11-13)23(2,3)4)15-6-5-7-19-21(15)28-30(26-19)29-25-18-9-8-14(24)12-20(18)27-29/h5-12,31H,1-4H3. The van der Waals surface area contributed by atoms with Crippen LogP contribution in [-0.2, 0) is 5.41 Å². The summed E-state index contributed by atoms with van der Waals surface area (Å²) in [6.45, 7) is 8.28. The lowest BCUT2D eigenvalue weighted by atomic mass is 9.83. The summed E-state index contributed by atoms with van der Waals surface area (Å²) < 4.78 is 0. The second-order valence-electron chi connectivity index (χ2n) is 8.70. The quantitative estimate of drug-likeness (QED) is 0.418. The number of fused-ring (bicyclic) bond motifs is 2. The predicted octanol–water partition coefficient (Wildman–Crippen LogP) is 5.12. The van der Waals surface area contributed by atoms with Gasteiger partial charge in [-0.05, 0) is 58.0 Å². The van der Waals surface area contributed by atoms with E-state index in [1.165, 1.54) is 9.81 Å². The van der Waals surface area contributed by atoms with E-state index in [0.29, 0.717) is 27.1 Å². The van der Waals surface area contributed by atoms with Gasteiger partial charge in [0.1, 0.15) is 27.8 Å². The molecule has 7 nitrogen and oxygen atoms in total. The van der Waals surface area contributed by atoms with Crippen LogP contribution in [0.1, 0.15) is 31.9 Å². The Hall–Kier alpha value is -3.45. The molecule has 5 aromatic rings. The minimum atomic E-state index is -0.198. The molecule has 31 heavy (non-hydrogen) atoms. The zero-order valence-corrected chi connectivity index (χ0v) is 18.4. The molecule has 0 aliphatic rings. The largest absolute Gasteiger partial charge is 0.507 e. The van der Waals surface area contributed by atoms with Gasteiger partial charge in [-0.25, -0.2) is 0 Å². The lowest BCUT2D eigenvalue weighted by Crippen LogP contribution is -2.15. The third-order valence-corrected chi connectivity index (χ3v) is 5.48. The van der Waals surface area contributed by atoms with Crippen LogP contribution in [0.4, 0.5) is 0 Å². The molecular weight excluding hydrogens is 412 g/mol. The van der Waals surface area contributed by atoms with E-state index in [9.17, 15) is 5.11 Å². The molecule has 8 heteroatoms. The van der Waals surface area contributed by atoms with Gasteiger partial charge in [-0.2, -0.15) is 0 Å². The van der Waals surface area contributed by atoms with Crippen LogP contribution in [0.2, 0.25) is 5.02 Å². The Balaban J connectivity index is 1.70. The molecule has 0 fully saturated rings. The van der Waals surface area contributed by atoms with Crippen molar-refractivity contribution in [3.63, 3.8) is 0 Å².